The molecule has 1 saturated carbocycles. The van der Waals surface area contributed by atoms with Crippen molar-refractivity contribution in [3.05, 3.63) is 47.8 Å². The van der Waals surface area contributed by atoms with E-state index in [9.17, 15) is 14.0 Å². The molecule has 2 amide bonds. The first-order valence-electron chi connectivity index (χ1n) is 8.19. The summed E-state index contributed by atoms with van der Waals surface area (Å²) in [5.41, 5.74) is 0.00617. The molecule has 2 aliphatic rings. The van der Waals surface area contributed by atoms with Crippen LogP contribution in [0.5, 0.6) is 0 Å². The Morgan fingerprint density at radius 1 is 1.13 bits per heavy atom. The Hall–Kier alpha value is -2.17. The minimum absolute atomic E-state index is 0.00617. The summed E-state index contributed by atoms with van der Waals surface area (Å²) in [5.74, 6) is -1.18. The van der Waals surface area contributed by atoms with Gasteiger partial charge < -0.3 is 10.2 Å². The Morgan fingerprint density at radius 3 is 2.61 bits per heavy atom. The zero-order chi connectivity index (χ0) is 16.2. The van der Waals surface area contributed by atoms with E-state index in [0.717, 1.165) is 25.7 Å². The summed E-state index contributed by atoms with van der Waals surface area (Å²) in [5, 5.41) is 3.03. The van der Waals surface area contributed by atoms with E-state index >= 15 is 0 Å². The third-order valence-corrected chi connectivity index (χ3v) is 4.54. The zero-order valence-corrected chi connectivity index (χ0v) is 13.0. The molecule has 0 spiro atoms. The second kappa shape index (κ2) is 6.94. The predicted molar refractivity (Wildman–Crippen MR) is 85.4 cm³/mol. The summed E-state index contributed by atoms with van der Waals surface area (Å²) in [6.07, 6.45) is 8.95. The van der Waals surface area contributed by atoms with Gasteiger partial charge in [0.1, 0.15) is 11.9 Å². The maximum atomic E-state index is 13.8. The van der Waals surface area contributed by atoms with Crippen LogP contribution in [0, 0.1) is 5.82 Å². The number of benzene rings is 1. The molecule has 5 heteroatoms. The van der Waals surface area contributed by atoms with E-state index in [1.54, 1.807) is 24.3 Å². The largest absolute Gasteiger partial charge is 0.351 e. The van der Waals surface area contributed by atoms with Gasteiger partial charge in [0.05, 0.1) is 5.56 Å². The molecule has 0 radical (unpaired) electrons. The van der Waals surface area contributed by atoms with Crippen LogP contribution in [0.3, 0.4) is 0 Å². The Morgan fingerprint density at radius 2 is 1.87 bits per heavy atom. The number of nitrogens with zero attached hydrogens (tertiary/aromatic N) is 1. The fourth-order valence-corrected chi connectivity index (χ4v) is 3.28. The van der Waals surface area contributed by atoms with Gasteiger partial charge in [0.15, 0.2) is 0 Å². The van der Waals surface area contributed by atoms with E-state index in [0.29, 0.717) is 6.54 Å². The lowest BCUT2D eigenvalue weighted by molar-refractivity contribution is -0.124. The summed E-state index contributed by atoms with van der Waals surface area (Å²) in [4.78, 5) is 26.4. The number of hydrogen-bond acceptors (Lipinski definition) is 2. The lowest BCUT2D eigenvalue weighted by atomic mass is 9.95. The summed E-state index contributed by atoms with van der Waals surface area (Å²) in [7, 11) is 0. The molecule has 1 aromatic rings. The molecule has 4 nitrogen and oxygen atoms in total. The van der Waals surface area contributed by atoms with E-state index in [2.05, 4.69) is 5.32 Å². The van der Waals surface area contributed by atoms with Crippen LogP contribution in [-0.4, -0.2) is 35.3 Å². The van der Waals surface area contributed by atoms with Crippen molar-refractivity contribution in [3.63, 3.8) is 0 Å². The molecule has 1 atom stereocenters. The number of nitrogens with one attached hydrogen (secondary N) is 1. The molecular formula is C18H21FN2O2. The number of amides is 2. The lowest BCUT2D eigenvalue weighted by Gasteiger charge is -2.28. The smallest absolute Gasteiger partial charge is 0.258 e. The van der Waals surface area contributed by atoms with Gasteiger partial charge in [-0.3, -0.25) is 9.59 Å². The Bertz CT molecular complexity index is 623. The van der Waals surface area contributed by atoms with E-state index in [-0.39, 0.29) is 17.5 Å². The van der Waals surface area contributed by atoms with E-state index in [1.165, 1.54) is 23.5 Å². The molecule has 1 heterocycles. The van der Waals surface area contributed by atoms with Gasteiger partial charge in [-0.15, -0.1) is 0 Å². The molecule has 1 aromatic carbocycles. The maximum Gasteiger partial charge on any atom is 0.258 e. The fraction of sp³-hybridized carbons (Fsp3) is 0.444. The highest BCUT2D eigenvalue weighted by Gasteiger charge is 2.33. The van der Waals surface area contributed by atoms with Gasteiger partial charge in [-0.05, 0) is 25.0 Å². The molecule has 3 rings (SSSR count). The van der Waals surface area contributed by atoms with Gasteiger partial charge in [0.2, 0.25) is 5.91 Å². The number of carbonyl (C=O) groups is 2. The van der Waals surface area contributed by atoms with Crippen molar-refractivity contribution in [1.82, 2.24) is 10.2 Å². The average molecular weight is 316 g/mol. The van der Waals surface area contributed by atoms with Crippen molar-refractivity contribution in [2.45, 2.75) is 44.2 Å². The number of carbonyl (C=O) groups excluding carboxylic acids is 2. The first kappa shape index (κ1) is 15.7. The van der Waals surface area contributed by atoms with Crippen molar-refractivity contribution in [2.75, 3.05) is 6.54 Å². The molecule has 0 aromatic heterocycles. The SMILES string of the molecule is O=C(NC1CCCCC1)[C@@H]1C=CCN1C(=O)c1ccccc1F. The quantitative estimate of drug-likeness (QED) is 0.872. The van der Waals surface area contributed by atoms with Gasteiger partial charge in [0.25, 0.3) is 5.91 Å². The summed E-state index contributed by atoms with van der Waals surface area (Å²) in [6.45, 7) is 0.329. The molecule has 0 saturated heterocycles. The molecule has 1 N–H and O–H groups in total. The van der Waals surface area contributed by atoms with E-state index < -0.39 is 17.8 Å². The molecule has 0 unspecified atom stereocenters. The van der Waals surface area contributed by atoms with E-state index in [4.69, 9.17) is 0 Å². The van der Waals surface area contributed by atoms with Gasteiger partial charge in [0, 0.05) is 12.6 Å². The highest BCUT2D eigenvalue weighted by molar-refractivity contribution is 5.99. The first-order chi connectivity index (χ1) is 11.2. The molecule has 1 aliphatic carbocycles. The van der Waals surface area contributed by atoms with Gasteiger partial charge in [-0.25, -0.2) is 4.39 Å². The molecule has 23 heavy (non-hydrogen) atoms. The standard InChI is InChI=1S/C18H21FN2O2/c19-15-10-5-4-9-14(15)18(23)21-12-6-11-16(21)17(22)20-13-7-2-1-3-8-13/h4-6,9-11,13,16H,1-3,7-8,12H2,(H,20,22)/t16-/m0/s1. The van der Waals surface area contributed by atoms with Crippen LogP contribution >= 0.6 is 0 Å². The van der Waals surface area contributed by atoms with Crippen LogP contribution in [0.4, 0.5) is 4.39 Å². The topological polar surface area (TPSA) is 49.4 Å². The second-order valence-electron chi connectivity index (χ2n) is 6.15. The normalized spacial score (nSPS) is 21.4. The second-order valence-corrected chi connectivity index (χ2v) is 6.15. The first-order valence-corrected chi connectivity index (χ1v) is 8.19. The van der Waals surface area contributed by atoms with Gasteiger partial charge in [-0.2, -0.15) is 0 Å². The molecular weight excluding hydrogens is 295 g/mol. The van der Waals surface area contributed by atoms with Gasteiger partial charge in [-0.1, -0.05) is 43.5 Å². The number of hydrogen-bond donors (Lipinski definition) is 1. The van der Waals surface area contributed by atoms with Crippen molar-refractivity contribution in [3.8, 4) is 0 Å². The number of rotatable bonds is 3. The average Bonchev–Trinajstić information content (AvgIpc) is 3.05. The summed E-state index contributed by atoms with van der Waals surface area (Å²) < 4.78 is 13.8. The lowest BCUT2D eigenvalue weighted by Crippen LogP contribution is -2.49. The van der Waals surface area contributed by atoms with Crippen LogP contribution < -0.4 is 5.32 Å². The predicted octanol–water partition coefficient (Wildman–Crippen LogP) is 2.66. The third kappa shape index (κ3) is 3.44. The Labute approximate surface area is 135 Å². The number of halogens is 1. The fourth-order valence-electron chi connectivity index (χ4n) is 3.28. The minimum Gasteiger partial charge on any atom is -0.351 e. The van der Waals surface area contributed by atoms with Crippen molar-refractivity contribution < 1.29 is 14.0 Å². The van der Waals surface area contributed by atoms with E-state index in [1.807, 2.05) is 0 Å². The maximum absolute atomic E-state index is 13.8. The van der Waals surface area contributed by atoms with Crippen molar-refractivity contribution in [1.29, 1.82) is 0 Å². The van der Waals surface area contributed by atoms with Crippen LogP contribution in [0.1, 0.15) is 42.5 Å². The van der Waals surface area contributed by atoms with Crippen molar-refractivity contribution >= 4 is 11.8 Å². The third-order valence-electron chi connectivity index (χ3n) is 4.54. The zero-order valence-electron chi connectivity index (χ0n) is 13.0. The summed E-state index contributed by atoms with van der Waals surface area (Å²) in [6, 6.07) is 5.41. The van der Waals surface area contributed by atoms with Crippen LogP contribution in [-0.2, 0) is 4.79 Å². The van der Waals surface area contributed by atoms with Crippen LogP contribution in [0.25, 0.3) is 0 Å². The minimum atomic E-state index is -0.649. The Kier molecular flexibility index (Phi) is 4.74. The highest BCUT2D eigenvalue weighted by atomic mass is 19.1. The summed E-state index contributed by atoms with van der Waals surface area (Å²) >= 11 is 0. The highest BCUT2D eigenvalue weighted by Crippen LogP contribution is 2.20. The molecule has 1 aliphatic heterocycles. The van der Waals surface area contributed by atoms with Crippen LogP contribution in [0.15, 0.2) is 36.4 Å². The Balaban J connectivity index is 1.69. The molecule has 0 bridgehead atoms. The van der Waals surface area contributed by atoms with Gasteiger partial charge >= 0.3 is 0 Å². The van der Waals surface area contributed by atoms with Crippen LogP contribution in [0.2, 0.25) is 0 Å². The van der Waals surface area contributed by atoms with Crippen molar-refractivity contribution in [2.24, 2.45) is 0 Å². The molecule has 1 fully saturated rings. The molecule has 122 valence electrons. The monoisotopic (exact) mass is 316 g/mol.